The highest BCUT2D eigenvalue weighted by Gasteiger charge is 2.14. The lowest BCUT2D eigenvalue weighted by atomic mass is 10.2. The molecular formula is C14H12FNO3. The van der Waals surface area contributed by atoms with Gasteiger partial charge in [0.25, 0.3) is 5.56 Å². The maximum atomic E-state index is 12.9. The van der Waals surface area contributed by atoms with Crippen LogP contribution in [0.5, 0.6) is 0 Å². The Balaban J connectivity index is 2.73. The Morgan fingerprint density at radius 3 is 2.37 bits per heavy atom. The SMILES string of the molecule is CCc1ccc(C(=O)O)c(=O)n1-c1ccc(F)cc1. The van der Waals surface area contributed by atoms with E-state index in [4.69, 9.17) is 5.11 Å². The van der Waals surface area contributed by atoms with Gasteiger partial charge in [-0.3, -0.25) is 9.36 Å². The van der Waals surface area contributed by atoms with Crippen molar-refractivity contribution in [1.82, 2.24) is 4.57 Å². The minimum absolute atomic E-state index is 0.304. The van der Waals surface area contributed by atoms with Crippen LogP contribution in [0.15, 0.2) is 41.2 Å². The van der Waals surface area contributed by atoms with Gasteiger partial charge in [-0.15, -0.1) is 0 Å². The molecule has 0 saturated heterocycles. The highest BCUT2D eigenvalue weighted by Crippen LogP contribution is 2.11. The molecule has 0 aliphatic rings. The van der Waals surface area contributed by atoms with E-state index in [0.29, 0.717) is 17.8 Å². The molecule has 0 amide bonds. The lowest BCUT2D eigenvalue weighted by Gasteiger charge is -2.12. The van der Waals surface area contributed by atoms with E-state index < -0.39 is 17.3 Å². The van der Waals surface area contributed by atoms with Crippen LogP contribution in [0.3, 0.4) is 0 Å². The van der Waals surface area contributed by atoms with Crippen LogP contribution < -0.4 is 5.56 Å². The van der Waals surface area contributed by atoms with Gasteiger partial charge in [-0.25, -0.2) is 9.18 Å². The molecule has 1 heterocycles. The summed E-state index contributed by atoms with van der Waals surface area (Å²) in [5.74, 6) is -1.69. The van der Waals surface area contributed by atoms with Gasteiger partial charge in [0.2, 0.25) is 0 Å². The summed E-state index contributed by atoms with van der Waals surface area (Å²) in [6.07, 6.45) is 0.562. The second kappa shape index (κ2) is 5.06. The van der Waals surface area contributed by atoms with Crippen LogP contribution in [0.2, 0.25) is 0 Å². The van der Waals surface area contributed by atoms with E-state index in [1.807, 2.05) is 6.92 Å². The number of carboxylic acid groups (broad SMARTS) is 1. The summed E-state index contributed by atoms with van der Waals surface area (Å²) in [5, 5.41) is 8.97. The summed E-state index contributed by atoms with van der Waals surface area (Å²) in [5.41, 5.74) is 0.202. The molecule has 0 aliphatic heterocycles. The maximum absolute atomic E-state index is 12.9. The Bertz CT molecular complexity index is 674. The molecule has 4 nitrogen and oxygen atoms in total. The number of nitrogens with zero attached hydrogens (tertiary/aromatic N) is 1. The monoisotopic (exact) mass is 261 g/mol. The highest BCUT2D eigenvalue weighted by atomic mass is 19.1. The lowest BCUT2D eigenvalue weighted by Crippen LogP contribution is -2.27. The van der Waals surface area contributed by atoms with Gasteiger partial charge in [0, 0.05) is 11.4 Å². The first-order chi connectivity index (χ1) is 9.04. The fraction of sp³-hybridized carbons (Fsp3) is 0.143. The molecule has 0 radical (unpaired) electrons. The van der Waals surface area contributed by atoms with Crippen molar-refractivity contribution in [3.05, 3.63) is 63.8 Å². The predicted octanol–water partition coefficient (Wildman–Crippen LogP) is 2.24. The fourth-order valence-corrected chi connectivity index (χ4v) is 1.89. The van der Waals surface area contributed by atoms with Gasteiger partial charge in [0.1, 0.15) is 11.4 Å². The van der Waals surface area contributed by atoms with Crippen LogP contribution in [-0.4, -0.2) is 15.6 Å². The van der Waals surface area contributed by atoms with Crippen molar-refractivity contribution in [2.75, 3.05) is 0 Å². The third-order valence-electron chi connectivity index (χ3n) is 2.84. The molecule has 0 saturated carbocycles. The fourth-order valence-electron chi connectivity index (χ4n) is 1.89. The number of carbonyl (C=O) groups is 1. The van der Waals surface area contributed by atoms with Crippen molar-refractivity contribution in [1.29, 1.82) is 0 Å². The van der Waals surface area contributed by atoms with Crippen molar-refractivity contribution in [3.8, 4) is 5.69 Å². The first-order valence-corrected chi connectivity index (χ1v) is 5.78. The van der Waals surface area contributed by atoms with E-state index in [2.05, 4.69) is 0 Å². The first kappa shape index (κ1) is 13.0. The summed E-state index contributed by atoms with van der Waals surface area (Å²) in [6.45, 7) is 1.86. The van der Waals surface area contributed by atoms with E-state index in [1.165, 1.54) is 34.9 Å². The molecule has 19 heavy (non-hydrogen) atoms. The second-order valence-corrected chi connectivity index (χ2v) is 4.01. The van der Waals surface area contributed by atoms with Crippen LogP contribution >= 0.6 is 0 Å². The van der Waals surface area contributed by atoms with Gasteiger partial charge in [-0.05, 0) is 42.8 Å². The molecule has 0 fully saturated rings. The quantitative estimate of drug-likeness (QED) is 0.921. The van der Waals surface area contributed by atoms with Crippen molar-refractivity contribution >= 4 is 5.97 Å². The predicted molar refractivity (Wildman–Crippen MR) is 68.3 cm³/mol. The molecule has 0 aliphatic carbocycles. The van der Waals surface area contributed by atoms with Crippen LogP contribution in [0.1, 0.15) is 23.0 Å². The van der Waals surface area contributed by atoms with E-state index in [-0.39, 0.29) is 5.56 Å². The molecule has 0 bridgehead atoms. The Labute approximate surface area is 108 Å². The van der Waals surface area contributed by atoms with Crippen LogP contribution in [0.25, 0.3) is 5.69 Å². The van der Waals surface area contributed by atoms with Crippen molar-refractivity contribution in [2.24, 2.45) is 0 Å². The molecule has 5 heteroatoms. The van der Waals surface area contributed by atoms with Gasteiger partial charge in [0.15, 0.2) is 0 Å². The van der Waals surface area contributed by atoms with E-state index in [9.17, 15) is 14.0 Å². The number of pyridine rings is 1. The Morgan fingerprint density at radius 1 is 1.21 bits per heavy atom. The number of rotatable bonds is 3. The summed E-state index contributed by atoms with van der Waals surface area (Å²) in [7, 11) is 0. The molecule has 1 N–H and O–H groups in total. The molecule has 2 rings (SSSR count). The summed E-state index contributed by atoms with van der Waals surface area (Å²) < 4.78 is 14.2. The van der Waals surface area contributed by atoms with Gasteiger partial charge in [-0.2, -0.15) is 0 Å². The van der Waals surface area contributed by atoms with E-state index in [0.717, 1.165) is 0 Å². The molecular weight excluding hydrogens is 249 g/mol. The zero-order valence-electron chi connectivity index (χ0n) is 10.3. The third kappa shape index (κ3) is 2.40. The molecule has 2 aromatic rings. The lowest BCUT2D eigenvalue weighted by molar-refractivity contribution is 0.0694. The standard InChI is InChI=1S/C14H12FNO3/c1-2-10-7-8-12(14(18)19)13(17)16(10)11-5-3-9(15)4-6-11/h3-8H,2H2,1H3,(H,18,19). The average molecular weight is 261 g/mol. The smallest absolute Gasteiger partial charge is 0.341 e. The number of benzene rings is 1. The number of aromatic nitrogens is 1. The van der Waals surface area contributed by atoms with Gasteiger partial charge in [-0.1, -0.05) is 6.92 Å². The van der Waals surface area contributed by atoms with Crippen molar-refractivity contribution < 1.29 is 14.3 Å². The number of hydrogen-bond donors (Lipinski definition) is 1. The van der Waals surface area contributed by atoms with Gasteiger partial charge in [0.05, 0.1) is 0 Å². The van der Waals surface area contributed by atoms with E-state index in [1.54, 1.807) is 6.07 Å². The number of carboxylic acids is 1. The molecule has 0 spiro atoms. The Hall–Kier alpha value is -2.43. The number of hydrogen-bond acceptors (Lipinski definition) is 2. The zero-order valence-corrected chi connectivity index (χ0v) is 10.3. The Kier molecular flexibility index (Phi) is 3.46. The minimum Gasteiger partial charge on any atom is -0.477 e. The van der Waals surface area contributed by atoms with E-state index >= 15 is 0 Å². The third-order valence-corrected chi connectivity index (χ3v) is 2.84. The van der Waals surface area contributed by atoms with Crippen molar-refractivity contribution in [2.45, 2.75) is 13.3 Å². The topological polar surface area (TPSA) is 59.3 Å². The van der Waals surface area contributed by atoms with Crippen LogP contribution in [0.4, 0.5) is 4.39 Å². The number of aromatic carboxylic acids is 1. The molecule has 1 aromatic carbocycles. The number of halogens is 1. The molecule has 1 aromatic heterocycles. The van der Waals surface area contributed by atoms with Gasteiger partial charge < -0.3 is 5.11 Å². The highest BCUT2D eigenvalue weighted by molar-refractivity contribution is 5.87. The van der Waals surface area contributed by atoms with Crippen LogP contribution in [-0.2, 0) is 6.42 Å². The Morgan fingerprint density at radius 2 is 1.84 bits per heavy atom. The van der Waals surface area contributed by atoms with Crippen molar-refractivity contribution in [3.63, 3.8) is 0 Å². The average Bonchev–Trinajstić information content (AvgIpc) is 2.39. The molecule has 0 unspecified atom stereocenters. The van der Waals surface area contributed by atoms with Crippen LogP contribution in [0, 0.1) is 5.82 Å². The summed E-state index contributed by atoms with van der Waals surface area (Å²) >= 11 is 0. The summed E-state index contributed by atoms with van der Waals surface area (Å²) in [6, 6.07) is 8.24. The summed E-state index contributed by atoms with van der Waals surface area (Å²) in [4.78, 5) is 23.1. The minimum atomic E-state index is -1.27. The zero-order chi connectivity index (χ0) is 14.0. The normalized spacial score (nSPS) is 10.4. The first-order valence-electron chi connectivity index (χ1n) is 5.78. The molecule has 98 valence electrons. The van der Waals surface area contributed by atoms with Gasteiger partial charge >= 0.3 is 5.97 Å². The second-order valence-electron chi connectivity index (χ2n) is 4.01. The molecule has 0 atom stereocenters. The largest absolute Gasteiger partial charge is 0.477 e. The number of aryl methyl sites for hydroxylation is 1. The maximum Gasteiger partial charge on any atom is 0.341 e.